The largest absolute Gasteiger partial charge is 0.486 e. The van der Waals surface area contributed by atoms with Crippen LogP contribution in [0.2, 0.25) is 0 Å². The van der Waals surface area contributed by atoms with Crippen LogP contribution in [-0.2, 0) is 6.42 Å². The molecule has 0 bridgehead atoms. The van der Waals surface area contributed by atoms with Gasteiger partial charge in [0.2, 0.25) is 0 Å². The van der Waals surface area contributed by atoms with E-state index in [0.29, 0.717) is 5.75 Å². The van der Waals surface area contributed by atoms with Gasteiger partial charge in [0.15, 0.2) is 5.96 Å². The monoisotopic (exact) mass is 377 g/mol. The Balaban J connectivity index is 0.00000243. The van der Waals surface area contributed by atoms with Crippen LogP contribution in [0.1, 0.15) is 11.1 Å². The summed E-state index contributed by atoms with van der Waals surface area (Å²) in [5, 5.41) is 24.5. The quantitative estimate of drug-likeness (QED) is 0.591. The lowest BCUT2D eigenvalue weighted by molar-refractivity contribution is 0.0629. The standard InChI is InChI=1S/C19H23N3O3.ClH/c23-12-18(13-24)25-17-7-3-15(4-8-17)11-14-1-5-16(6-2-14)22-19-20-9-10-21-19;/h1-8,18,23-24H,9-13H2,(H2,20,21,22);1H. The maximum atomic E-state index is 9.05. The van der Waals surface area contributed by atoms with Crippen molar-refractivity contribution in [1.29, 1.82) is 0 Å². The first-order chi connectivity index (χ1) is 12.3. The number of rotatable bonds is 7. The van der Waals surface area contributed by atoms with Crippen LogP contribution in [0.15, 0.2) is 53.5 Å². The lowest BCUT2D eigenvalue weighted by atomic mass is 10.0. The van der Waals surface area contributed by atoms with Crippen molar-refractivity contribution in [2.75, 3.05) is 31.6 Å². The van der Waals surface area contributed by atoms with E-state index in [1.54, 1.807) is 0 Å². The number of aliphatic imine (C=N–C) groups is 1. The molecule has 0 unspecified atom stereocenters. The van der Waals surface area contributed by atoms with Crippen molar-refractivity contribution in [3.05, 3.63) is 59.7 Å². The molecular formula is C19H24ClN3O3. The molecule has 1 heterocycles. The highest BCUT2D eigenvalue weighted by atomic mass is 35.5. The van der Waals surface area contributed by atoms with Gasteiger partial charge < -0.3 is 25.6 Å². The Morgan fingerprint density at radius 1 is 1.00 bits per heavy atom. The molecule has 0 spiro atoms. The van der Waals surface area contributed by atoms with Gasteiger partial charge in [-0.3, -0.25) is 4.99 Å². The van der Waals surface area contributed by atoms with Gasteiger partial charge in [-0.05, 0) is 41.8 Å². The summed E-state index contributed by atoms with van der Waals surface area (Å²) in [4.78, 5) is 4.31. The summed E-state index contributed by atoms with van der Waals surface area (Å²) in [5.74, 6) is 1.47. The minimum Gasteiger partial charge on any atom is -0.486 e. The average Bonchev–Trinajstić information content (AvgIpc) is 3.16. The summed E-state index contributed by atoms with van der Waals surface area (Å²) in [6, 6.07) is 16.0. The van der Waals surface area contributed by atoms with E-state index < -0.39 is 6.10 Å². The zero-order valence-electron chi connectivity index (χ0n) is 14.4. The smallest absolute Gasteiger partial charge is 0.195 e. The first kappa shape index (κ1) is 20.0. The summed E-state index contributed by atoms with van der Waals surface area (Å²) >= 11 is 0. The molecule has 0 radical (unpaired) electrons. The van der Waals surface area contributed by atoms with E-state index in [2.05, 4.69) is 27.8 Å². The normalized spacial score (nSPS) is 13.0. The highest BCUT2D eigenvalue weighted by Gasteiger charge is 2.08. The second-order valence-corrected chi connectivity index (χ2v) is 5.90. The third kappa shape index (κ3) is 5.62. The predicted octanol–water partition coefficient (Wildman–Crippen LogP) is 1.80. The molecular weight excluding hydrogens is 354 g/mol. The fourth-order valence-corrected chi connectivity index (χ4v) is 2.57. The van der Waals surface area contributed by atoms with E-state index >= 15 is 0 Å². The van der Waals surface area contributed by atoms with E-state index in [9.17, 15) is 0 Å². The zero-order chi connectivity index (χ0) is 17.5. The summed E-state index contributed by atoms with van der Waals surface area (Å²) in [5.41, 5.74) is 3.39. The molecule has 2 aromatic rings. The van der Waals surface area contributed by atoms with Crippen molar-refractivity contribution in [2.24, 2.45) is 4.99 Å². The zero-order valence-corrected chi connectivity index (χ0v) is 15.2. The molecule has 0 aromatic heterocycles. The number of guanidine groups is 1. The van der Waals surface area contributed by atoms with Crippen LogP contribution >= 0.6 is 12.4 Å². The fraction of sp³-hybridized carbons (Fsp3) is 0.316. The van der Waals surface area contributed by atoms with Crippen molar-refractivity contribution in [1.82, 2.24) is 5.32 Å². The Kier molecular flexibility index (Phi) is 7.72. The molecule has 1 aliphatic heterocycles. The first-order valence-electron chi connectivity index (χ1n) is 8.38. The number of anilines is 1. The van der Waals surface area contributed by atoms with Gasteiger partial charge in [-0.2, -0.15) is 0 Å². The maximum absolute atomic E-state index is 9.05. The molecule has 7 heteroatoms. The van der Waals surface area contributed by atoms with Crippen LogP contribution in [0.4, 0.5) is 5.69 Å². The van der Waals surface area contributed by atoms with Gasteiger partial charge in [-0.15, -0.1) is 12.4 Å². The molecule has 4 N–H and O–H groups in total. The topological polar surface area (TPSA) is 86.1 Å². The highest BCUT2D eigenvalue weighted by Crippen LogP contribution is 2.18. The van der Waals surface area contributed by atoms with Gasteiger partial charge in [-0.25, -0.2) is 0 Å². The van der Waals surface area contributed by atoms with Crippen molar-refractivity contribution in [3.8, 4) is 5.75 Å². The molecule has 26 heavy (non-hydrogen) atoms. The molecule has 1 aliphatic rings. The number of nitrogens with zero attached hydrogens (tertiary/aromatic N) is 1. The van der Waals surface area contributed by atoms with Crippen LogP contribution in [-0.4, -0.2) is 48.6 Å². The second kappa shape index (κ2) is 10.0. The summed E-state index contributed by atoms with van der Waals surface area (Å²) in [6.07, 6.45) is 0.244. The Labute approximate surface area is 159 Å². The number of ether oxygens (including phenoxy) is 1. The Bertz CT molecular complexity index is 701. The number of aliphatic hydroxyl groups excluding tert-OH is 2. The van der Waals surface area contributed by atoms with Crippen LogP contribution in [0, 0.1) is 0 Å². The van der Waals surface area contributed by atoms with E-state index in [4.69, 9.17) is 14.9 Å². The summed E-state index contributed by atoms with van der Waals surface area (Å²) in [6.45, 7) is 1.29. The van der Waals surface area contributed by atoms with Crippen LogP contribution in [0.3, 0.4) is 0 Å². The molecule has 0 amide bonds. The third-order valence-corrected chi connectivity index (χ3v) is 3.93. The van der Waals surface area contributed by atoms with Crippen LogP contribution in [0.5, 0.6) is 5.75 Å². The number of halogens is 1. The molecule has 0 atom stereocenters. The van der Waals surface area contributed by atoms with Crippen LogP contribution < -0.4 is 15.4 Å². The molecule has 0 fully saturated rings. The minimum absolute atomic E-state index is 0. The Hall–Kier alpha value is -2.28. The van der Waals surface area contributed by atoms with Crippen molar-refractivity contribution >= 4 is 24.1 Å². The minimum atomic E-state index is -0.579. The number of aliphatic hydroxyl groups is 2. The maximum Gasteiger partial charge on any atom is 0.195 e. The van der Waals surface area contributed by atoms with Crippen molar-refractivity contribution in [3.63, 3.8) is 0 Å². The number of nitrogens with one attached hydrogen (secondary N) is 2. The van der Waals surface area contributed by atoms with E-state index in [1.807, 2.05) is 36.4 Å². The van der Waals surface area contributed by atoms with Crippen molar-refractivity contribution in [2.45, 2.75) is 12.5 Å². The average molecular weight is 378 g/mol. The molecule has 0 saturated heterocycles. The summed E-state index contributed by atoms with van der Waals surface area (Å²) < 4.78 is 5.47. The Morgan fingerprint density at radius 3 is 2.15 bits per heavy atom. The molecule has 2 aromatic carbocycles. The first-order valence-corrected chi connectivity index (χ1v) is 8.38. The van der Waals surface area contributed by atoms with Crippen LogP contribution in [0.25, 0.3) is 0 Å². The van der Waals surface area contributed by atoms with Gasteiger partial charge in [0.25, 0.3) is 0 Å². The SMILES string of the molecule is Cl.OCC(CO)Oc1ccc(Cc2ccc(NC3=NCCN3)cc2)cc1. The van der Waals surface area contributed by atoms with Gasteiger partial charge in [0.05, 0.1) is 19.8 Å². The van der Waals surface area contributed by atoms with E-state index in [1.165, 1.54) is 11.1 Å². The number of benzene rings is 2. The number of hydrogen-bond acceptors (Lipinski definition) is 6. The van der Waals surface area contributed by atoms with Gasteiger partial charge in [-0.1, -0.05) is 24.3 Å². The molecule has 3 rings (SSSR count). The predicted molar refractivity (Wildman–Crippen MR) is 105 cm³/mol. The van der Waals surface area contributed by atoms with Crippen molar-refractivity contribution < 1.29 is 14.9 Å². The van der Waals surface area contributed by atoms with E-state index in [-0.39, 0.29) is 25.6 Å². The lowest BCUT2D eigenvalue weighted by Gasteiger charge is -2.14. The molecule has 0 saturated carbocycles. The summed E-state index contributed by atoms with van der Waals surface area (Å²) in [7, 11) is 0. The van der Waals surface area contributed by atoms with Gasteiger partial charge in [0.1, 0.15) is 11.9 Å². The number of hydrogen-bond donors (Lipinski definition) is 4. The molecule has 140 valence electrons. The highest BCUT2D eigenvalue weighted by molar-refractivity contribution is 5.94. The fourth-order valence-electron chi connectivity index (χ4n) is 2.57. The second-order valence-electron chi connectivity index (χ2n) is 5.90. The lowest BCUT2D eigenvalue weighted by Crippen LogP contribution is -2.26. The Morgan fingerprint density at radius 2 is 1.62 bits per heavy atom. The van der Waals surface area contributed by atoms with Gasteiger partial charge >= 0.3 is 0 Å². The van der Waals surface area contributed by atoms with E-state index in [0.717, 1.165) is 31.2 Å². The third-order valence-electron chi connectivity index (χ3n) is 3.93. The van der Waals surface area contributed by atoms with Gasteiger partial charge in [0, 0.05) is 12.2 Å². The molecule has 0 aliphatic carbocycles. The molecule has 6 nitrogen and oxygen atoms in total.